The van der Waals surface area contributed by atoms with Gasteiger partial charge in [0.25, 0.3) is 0 Å². The molecule has 2 atom stereocenters. The van der Waals surface area contributed by atoms with Crippen LogP contribution in [0.5, 0.6) is 0 Å². The summed E-state index contributed by atoms with van der Waals surface area (Å²) in [5.74, 6) is 1.25. The third-order valence-electron chi connectivity index (χ3n) is 3.22. The first-order chi connectivity index (χ1) is 8.75. The monoisotopic (exact) mass is 286 g/mol. The lowest BCUT2D eigenvalue weighted by atomic mass is 10.1. The molecule has 100 valence electrons. The number of hydrogen-bond donors (Lipinski definition) is 0. The molecule has 1 saturated heterocycles. The molecule has 1 fully saturated rings. The highest BCUT2D eigenvalue weighted by Gasteiger charge is 2.15. The Morgan fingerprint density at radius 1 is 1.33 bits per heavy atom. The molecule has 1 aliphatic rings. The molecule has 0 aromatic heterocycles. The fourth-order valence-electron chi connectivity index (χ4n) is 2.16. The van der Waals surface area contributed by atoms with E-state index in [4.69, 9.17) is 16.3 Å². The van der Waals surface area contributed by atoms with Crippen LogP contribution in [0.2, 0.25) is 5.02 Å². The van der Waals surface area contributed by atoms with E-state index < -0.39 is 10.8 Å². The van der Waals surface area contributed by atoms with Crippen molar-refractivity contribution in [1.29, 1.82) is 0 Å². The Bertz CT molecular complexity index is 403. The van der Waals surface area contributed by atoms with Crippen LogP contribution < -0.4 is 0 Å². The van der Waals surface area contributed by atoms with Crippen LogP contribution in [0.25, 0.3) is 0 Å². The molecule has 0 bridgehead atoms. The molecule has 1 aromatic carbocycles. The normalized spacial score (nSPS) is 21.7. The van der Waals surface area contributed by atoms with Gasteiger partial charge in [-0.1, -0.05) is 29.8 Å². The van der Waals surface area contributed by atoms with Crippen molar-refractivity contribution in [1.82, 2.24) is 0 Å². The predicted octanol–water partition coefficient (Wildman–Crippen LogP) is 3.55. The van der Waals surface area contributed by atoms with E-state index in [9.17, 15) is 4.21 Å². The number of hydrogen-bond acceptors (Lipinski definition) is 2. The molecule has 0 spiro atoms. The largest absolute Gasteiger partial charge is 0.378 e. The minimum atomic E-state index is -0.847. The van der Waals surface area contributed by atoms with Crippen molar-refractivity contribution >= 4 is 22.4 Å². The maximum Gasteiger partial charge on any atom is 0.0583 e. The first-order valence-corrected chi connectivity index (χ1v) is 8.32. The molecule has 0 saturated carbocycles. The zero-order valence-electron chi connectivity index (χ0n) is 10.4. The van der Waals surface area contributed by atoms with Gasteiger partial charge >= 0.3 is 0 Å². The molecule has 1 aromatic rings. The Balaban J connectivity index is 1.76. The van der Waals surface area contributed by atoms with Gasteiger partial charge in [-0.2, -0.15) is 0 Å². The second kappa shape index (κ2) is 7.27. The molecule has 0 radical (unpaired) electrons. The van der Waals surface area contributed by atoms with Crippen LogP contribution in [0.4, 0.5) is 0 Å². The summed E-state index contributed by atoms with van der Waals surface area (Å²) >= 11 is 6.06. The van der Waals surface area contributed by atoms with Crippen LogP contribution >= 0.6 is 11.6 Å². The summed E-state index contributed by atoms with van der Waals surface area (Å²) in [5.41, 5.74) is 0.974. The number of halogens is 1. The SMILES string of the molecule is O=S(CCC1CCCCO1)Cc1ccccc1Cl. The summed E-state index contributed by atoms with van der Waals surface area (Å²) < 4.78 is 17.6. The van der Waals surface area contributed by atoms with E-state index in [-0.39, 0.29) is 0 Å². The fourth-order valence-corrected chi connectivity index (χ4v) is 3.71. The number of rotatable bonds is 5. The van der Waals surface area contributed by atoms with Gasteiger partial charge in [0.15, 0.2) is 0 Å². The van der Waals surface area contributed by atoms with Crippen molar-refractivity contribution in [2.24, 2.45) is 0 Å². The predicted molar refractivity (Wildman–Crippen MR) is 76.4 cm³/mol. The molecule has 1 aliphatic heterocycles. The third-order valence-corrected chi connectivity index (χ3v) is 4.91. The van der Waals surface area contributed by atoms with Crippen LogP contribution in [0.15, 0.2) is 24.3 Å². The molecular formula is C14H19ClO2S. The Morgan fingerprint density at radius 2 is 2.17 bits per heavy atom. The molecule has 1 heterocycles. The standard InChI is InChI=1S/C14H19ClO2S/c15-14-7-2-1-5-12(14)11-18(16)10-8-13-6-3-4-9-17-13/h1-2,5,7,13H,3-4,6,8-11H2. The highest BCUT2D eigenvalue weighted by atomic mass is 35.5. The zero-order valence-corrected chi connectivity index (χ0v) is 12.0. The van der Waals surface area contributed by atoms with E-state index in [1.807, 2.05) is 24.3 Å². The van der Waals surface area contributed by atoms with Gasteiger partial charge in [0, 0.05) is 33.9 Å². The van der Waals surface area contributed by atoms with Gasteiger partial charge in [0.2, 0.25) is 0 Å². The third kappa shape index (κ3) is 4.38. The second-order valence-corrected chi connectivity index (χ2v) is 6.64. The number of ether oxygens (including phenoxy) is 1. The summed E-state index contributed by atoms with van der Waals surface area (Å²) in [4.78, 5) is 0. The number of benzene rings is 1. The maximum atomic E-state index is 12.0. The molecule has 2 nitrogen and oxygen atoms in total. The minimum Gasteiger partial charge on any atom is -0.378 e. The lowest BCUT2D eigenvalue weighted by Crippen LogP contribution is -2.21. The molecule has 0 aliphatic carbocycles. The maximum absolute atomic E-state index is 12.0. The molecule has 0 amide bonds. The highest BCUT2D eigenvalue weighted by molar-refractivity contribution is 7.84. The van der Waals surface area contributed by atoms with Gasteiger partial charge in [-0.15, -0.1) is 0 Å². The quantitative estimate of drug-likeness (QED) is 0.827. The van der Waals surface area contributed by atoms with E-state index in [0.29, 0.717) is 22.6 Å². The summed E-state index contributed by atoms with van der Waals surface area (Å²) in [7, 11) is -0.847. The van der Waals surface area contributed by atoms with Crippen LogP contribution in [-0.4, -0.2) is 22.7 Å². The van der Waals surface area contributed by atoms with Crippen molar-refractivity contribution < 1.29 is 8.95 Å². The van der Waals surface area contributed by atoms with Crippen LogP contribution in [0.3, 0.4) is 0 Å². The average Bonchev–Trinajstić information content (AvgIpc) is 2.40. The first-order valence-electron chi connectivity index (χ1n) is 6.45. The van der Waals surface area contributed by atoms with Gasteiger partial charge in [-0.25, -0.2) is 0 Å². The van der Waals surface area contributed by atoms with E-state index >= 15 is 0 Å². The Hall–Kier alpha value is -0.380. The van der Waals surface area contributed by atoms with E-state index in [1.54, 1.807) is 0 Å². The average molecular weight is 287 g/mol. The Morgan fingerprint density at radius 3 is 2.89 bits per heavy atom. The summed E-state index contributed by atoms with van der Waals surface area (Å²) in [6, 6.07) is 7.61. The molecule has 18 heavy (non-hydrogen) atoms. The Labute approximate surface area is 116 Å². The van der Waals surface area contributed by atoms with Crippen LogP contribution in [-0.2, 0) is 21.3 Å². The van der Waals surface area contributed by atoms with Crippen LogP contribution in [0.1, 0.15) is 31.2 Å². The van der Waals surface area contributed by atoms with Crippen LogP contribution in [0, 0.1) is 0 Å². The van der Waals surface area contributed by atoms with Crippen molar-refractivity contribution in [3.63, 3.8) is 0 Å². The summed E-state index contributed by atoms with van der Waals surface area (Å²) in [6.45, 7) is 0.863. The topological polar surface area (TPSA) is 26.3 Å². The van der Waals surface area contributed by atoms with E-state index in [2.05, 4.69) is 0 Å². The first kappa shape index (κ1) is 14.0. The molecule has 4 heteroatoms. The summed E-state index contributed by atoms with van der Waals surface area (Å²) in [6.07, 6.45) is 4.73. The smallest absolute Gasteiger partial charge is 0.0583 e. The van der Waals surface area contributed by atoms with Crippen molar-refractivity contribution in [2.45, 2.75) is 37.5 Å². The van der Waals surface area contributed by atoms with Gasteiger partial charge in [-0.3, -0.25) is 4.21 Å². The summed E-state index contributed by atoms with van der Waals surface area (Å²) in [5, 5.41) is 0.708. The molecule has 0 N–H and O–H groups in total. The van der Waals surface area contributed by atoms with Gasteiger partial charge < -0.3 is 4.74 Å². The fraction of sp³-hybridized carbons (Fsp3) is 0.571. The van der Waals surface area contributed by atoms with Gasteiger partial charge in [0.1, 0.15) is 0 Å². The molecular weight excluding hydrogens is 268 g/mol. The lowest BCUT2D eigenvalue weighted by Gasteiger charge is -2.22. The van der Waals surface area contributed by atoms with Gasteiger partial charge in [-0.05, 0) is 37.3 Å². The lowest BCUT2D eigenvalue weighted by molar-refractivity contribution is 0.0148. The van der Waals surface area contributed by atoms with E-state index in [1.165, 1.54) is 12.8 Å². The Kier molecular flexibility index (Phi) is 5.67. The van der Waals surface area contributed by atoms with Gasteiger partial charge in [0.05, 0.1) is 6.10 Å². The van der Waals surface area contributed by atoms with Crippen molar-refractivity contribution in [3.8, 4) is 0 Å². The second-order valence-electron chi connectivity index (χ2n) is 4.66. The van der Waals surface area contributed by atoms with E-state index in [0.717, 1.165) is 25.0 Å². The minimum absolute atomic E-state index is 0.314. The van der Waals surface area contributed by atoms with Crippen molar-refractivity contribution in [3.05, 3.63) is 34.9 Å². The molecule has 2 unspecified atom stereocenters. The van der Waals surface area contributed by atoms with Crippen molar-refractivity contribution in [2.75, 3.05) is 12.4 Å². The highest BCUT2D eigenvalue weighted by Crippen LogP contribution is 2.19. The zero-order chi connectivity index (χ0) is 12.8. The molecule has 2 rings (SSSR count).